The molecule has 22 heavy (non-hydrogen) atoms. The molecule has 2 heterocycles. The smallest absolute Gasteiger partial charge is 0.253 e. The van der Waals surface area contributed by atoms with Crippen molar-refractivity contribution in [1.29, 1.82) is 0 Å². The van der Waals surface area contributed by atoms with Crippen molar-refractivity contribution in [2.75, 3.05) is 6.61 Å². The molecule has 0 saturated heterocycles. The Morgan fingerprint density at radius 3 is 2.86 bits per heavy atom. The minimum Gasteiger partial charge on any atom is -0.478 e. The lowest BCUT2D eigenvalue weighted by Gasteiger charge is -2.16. The van der Waals surface area contributed by atoms with Gasteiger partial charge in [0.25, 0.3) is 5.91 Å². The molecule has 6 nitrogen and oxygen atoms in total. The van der Waals surface area contributed by atoms with Crippen molar-refractivity contribution in [3.05, 3.63) is 48.0 Å². The molecule has 0 bridgehead atoms. The predicted molar refractivity (Wildman–Crippen MR) is 80.6 cm³/mol. The number of aliphatic hydroxyl groups excluding tert-OH is 1. The average molecular weight is 304 g/mol. The first-order valence-corrected chi connectivity index (χ1v) is 7.21. The minimum absolute atomic E-state index is 0.209. The van der Waals surface area contributed by atoms with Crippen molar-refractivity contribution in [1.82, 2.24) is 10.3 Å². The fourth-order valence-corrected chi connectivity index (χ4v) is 2.05. The van der Waals surface area contributed by atoms with Gasteiger partial charge in [-0.2, -0.15) is 0 Å². The first kappa shape index (κ1) is 16.0. The normalized spacial score (nSPS) is 13.4. The number of hydrogen-bond donors (Lipinski definition) is 2. The lowest BCUT2D eigenvalue weighted by molar-refractivity contribution is 0.0902. The van der Waals surface area contributed by atoms with Crippen LogP contribution in [-0.2, 0) is 0 Å². The number of amides is 1. The quantitative estimate of drug-likeness (QED) is 0.820. The molecule has 0 aliphatic heterocycles. The SMILES string of the molecule is CCOc1ccc(C(=O)NC(C)CC(O)c2ccco2)cn1. The van der Waals surface area contributed by atoms with Crippen LogP contribution in [0.2, 0.25) is 0 Å². The fourth-order valence-electron chi connectivity index (χ4n) is 2.05. The second kappa shape index (κ2) is 7.61. The molecular formula is C16H20N2O4. The average Bonchev–Trinajstić information content (AvgIpc) is 3.02. The highest BCUT2D eigenvalue weighted by atomic mass is 16.5. The van der Waals surface area contributed by atoms with E-state index in [0.29, 0.717) is 30.2 Å². The van der Waals surface area contributed by atoms with Gasteiger partial charge in [-0.1, -0.05) is 0 Å². The summed E-state index contributed by atoms with van der Waals surface area (Å²) in [4.78, 5) is 16.1. The van der Waals surface area contributed by atoms with E-state index in [4.69, 9.17) is 9.15 Å². The molecule has 0 radical (unpaired) electrons. The number of furan rings is 1. The number of nitrogens with zero attached hydrogens (tertiary/aromatic N) is 1. The molecule has 0 aromatic carbocycles. The zero-order valence-corrected chi connectivity index (χ0v) is 12.7. The van der Waals surface area contributed by atoms with Crippen molar-refractivity contribution in [3.8, 4) is 5.88 Å². The van der Waals surface area contributed by atoms with Gasteiger partial charge in [0, 0.05) is 24.7 Å². The second-order valence-corrected chi connectivity index (χ2v) is 4.96. The zero-order valence-electron chi connectivity index (χ0n) is 12.7. The van der Waals surface area contributed by atoms with Crippen LogP contribution in [0.15, 0.2) is 41.1 Å². The number of carbonyl (C=O) groups is 1. The van der Waals surface area contributed by atoms with Crippen LogP contribution in [0.1, 0.15) is 42.5 Å². The van der Waals surface area contributed by atoms with E-state index in [1.807, 2.05) is 13.8 Å². The Bertz CT molecular complexity index is 581. The lowest BCUT2D eigenvalue weighted by Crippen LogP contribution is -2.33. The Kier molecular flexibility index (Phi) is 5.55. The highest BCUT2D eigenvalue weighted by molar-refractivity contribution is 5.94. The summed E-state index contributed by atoms with van der Waals surface area (Å²) >= 11 is 0. The standard InChI is InChI=1S/C16H20N2O4/c1-3-21-15-7-6-12(10-17-15)16(20)18-11(2)9-13(19)14-5-4-8-22-14/h4-8,10-11,13,19H,3,9H2,1-2H3,(H,18,20). The van der Waals surface area contributed by atoms with Crippen LogP contribution in [0.3, 0.4) is 0 Å². The number of aromatic nitrogens is 1. The molecule has 0 spiro atoms. The maximum Gasteiger partial charge on any atom is 0.253 e. The highest BCUT2D eigenvalue weighted by Gasteiger charge is 2.17. The van der Waals surface area contributed by atoms with E-state index in [0.717, 1.165) is 0 Å². The number of pyridine rings is 1. The molecule has 0 aliphatic rings. The van der Waals surface area contributed by atoms with E-state index in [2.05, 4.69) is 10.3 Å². The van der Waals surface area contributed by atoms with Crippen LogP contribution in [-0.4, -0.2) is 28.6 Å². The van der Waals surface area contributed by atoms with Gasteiger partial charge in [-0.3, -0.25) is 4.79 Å². The summed E-state index contributed by atoms with van der Waals surface area (Å²) < 4.78 is 10.4. The Balaban J connectivity index is 1.87. The molecular weight excluding hydrogens is 284 g/mol. The van der Waals surface area contributed by atoms with Gasteiger partial charge >= 0.3 is 0 Å². The molecule has 0 saturated carbocycles. The third kappa shape index (κ3) is 4.33. The van der Waals surface area contributed by atoms with Crippen molar-refractivity contribution in [3.63, 3.8) is 0 Å². The maximum atomic E-state index is 12.1. The molecule has 6 heteroatoms. The van der Waals surface area contributed by atoms with Gasteiger partial charge in [-0.15, -0.1) is 0 Å². The molecule has 2 atom stereocenters. The summed E-state index contributed by atoms with van der Waals surface area (Å²) in [5, 5.41) is 12.8. The third-order valence-corrected chi connectivity index (χ3v) is 3.12. The molecule has 0 fully saturated rings. The number of ether oxygens (including phenoxy) is 1. The number of carbonyl (C=O) groups excluding carboxylic acids is 1. The molecule has 2 aromatic rings. The lowest BCUT2D eigenvalue weighted by atomic mass is 10.1. The van der Waals surface area contributed by atoms with Crippen LogP contribution in [0.4, 0.5) is 0 Å². The van der Waals surface area contributed by atoms with Crippen LogP contribution < -0.4 is 10.1 Å². The van der Waals surface area contributed by atoms with Gasteiger partial charge in [-0.05, 0) is 32.0 Å². The van der Waals surface area contributed by atoms with Gasteiger partial charge in [0.05, 0.1) is 18.4 Å². The van der Waals surface area contributed by atoms with Gasteiger partial charge in [0.1, 0.15) is 11.9 Å². The molecule has 2 unspecified atom stereocenters. The predicted octanol–water partition coefficient (Wildman–Crippen LogP) is 2.32. The second-order valence-electron chi connectivity index (χ2n) is 4.96. The highest BCUT2D eigenvalue weighted by Crippen LogP contribution is 2.18. The Hall–Kier alpha value is -2.34. The van der Waals surface area contributed by atoms with E-state index in [1.165, 1.54) is 12.5 Å². The van der Waals surface area contributed by atoms with E-state index in [-0.39, 0.29) is 11.9 Å². The Morgan fingerprint density at radius 2 is 2.27 bits per heavy atom. The number of nitrogens with one attached hydrogen (secondary N) is 1. The monoisotopic (exact) mass is 304 g/mol. The first-order valence-electron chi connectivity index (χ1n) is 7.21. The van der Waals surface area contributed by atoms with Crippen molar-refractivity contribution in [2.24, 2.45) is 0 Å². The van der Waals surface area contributed by atoms with Crippen LogP contribution in [0.25, 0.3) is 0 Å². The van der Waals surface area contributed by atoms with E-state index >= 15 is 0 Å². The van der Waals surface area contributed by atoms with Gasteiger partial charge in [0.15, 0.2) is 0 Å². The Labute approximate surface area is 129 Å². The van der Waals surface area contributed by atoms with E-state index in [1.54, 1.807) is 24.3 Å². The summed E-state index contributed by atoms with van der Waals surface area (Å²) in [6, 6.07) is 6.52. The van der Waals surface area contributed by atoms with Crippen molar-refractivity contribution < 1.29 is 19.1 Å². The molecule has 2 aromatic heterocycles. The molecule has 2 rings (SSSR count). The van der Waals surface area contributed by atoms with Crippen molar-refractivity contribution in [2.45, 2.75) is 32.4 Å². The van der Waals surface area contributed by atoms with E-state index in [9.17, 15) is 9.90 Å². The summed E-state index contributed by atoms with van der Waals surface area (Å²) in [7, 11) is 0. The number of hydrogen-bond acceptors (Lipinski definition) is 5. The summed E-state index contributed by atoms with van der Waals surface area (Å²) in [5.74, 6) is 0.735. The topological polar surface area (TPSA) is 84.6 Å². The van der Waals surface area contributed by atoms with Crippen LogP contribution >= 0.6 is 0 Å². The maximum absolute atomic E-state index is 12.1. The molecule has 0 aliphatic carbocycles. The third-order valence-electron chi connectivity index (χ3n) is 3.12. The van der Waals surface area contributed by atoms with Crippen molar-refractivity contribution >= 4 is 5.91 Å². The largest absolute Gasteiger partial charge is 0.478 e. The molecule has 2 N–H and O–H groups in total. The van der Waals surface area contributed by atoms with Crippen LogP contribution in [0.5, 0.6) is 5.88 Å². The summed E-state index contributed by atoms with van der Waals surface area (Å²) in [6.07, 6.45) is 2.59. The Morgan fingerprint density at radius 1 is 1.45 bits per heavy atom. The van der Waals surface area contributed by atoms with E-state index < -0.39 is 6.10 Å². The summed E-state index contributed by atoms with van der Waals surface area (Å²) in [6.45, 7) is 4.22. The minimum atomic E-state index is -0.747. The first-order chi connectivity index (χ1) is 10.6. The van der Waals surface area contributed by atoms with Crippen LogP contribution in [0, 0.1) is 0 Å². The fraction of sp³-hybridized carbons (Fsp3) is 0.375. The molecule has 1 amide bonds. The zero-order chi connectivity index (χ0) is 15.9. The van der Waals surface area contributed by atoms with Gasteiger partial charge < -0.3 is 19.6 Å². The van der Waals surface area contributed by atoms with Gasteiger partial charge in [-0.25, -0.2) is 4.98 Å². The summed E-state index contributed by atoms with van der Waals surface area (Å²) in [5.41, 5.74) is 0.447. The molecule has 118 valence electrons. The number of rotatable bonds is 7. The van der Waals surface area contributed by atoms with Gasteiger partial charge in [0.2, 0.25) is 5.88 Å². The number of aliphatic hydroxyl groups is 1.